The van der Waals surface area contributed by atoms with Crippen molar-refractivity contribution in [1.82, 2.24) is 30.6 Å². The van der Waals surface area contributed by atoms with Crippen molar-refractivity contribution in [2.45, 2.75) is 6.54 Å². The average Bonchev–Trinajstić information content (AvgIpc) is 3.00. The summed E-state index contributed by atoms with van der Waals surface area (Å²) >= 11 is 0. The molecule has 0 aliphatic carbocycles. The second kappa shape index (κ2) is 5.31. The number of hydrogen-bond donors (Lipinski definition) is 3. The van der Waals surface area contributed by atoms with E-state index in [1.807, 2.05) is 30.3 Å². The van der Waals surface area contributed by atoms with E-state index < -0.39 is 0 Å². The predicted octanol–water partition coefficient (Wildman–Crippen LogP) is 0.851. The van der Waals surface area contributed by atoms with Gasteiger partial charge in [-0.05, 0) is 16.0 Å². The Kier molecular flexibility index (Phi) is 3.19. The lowest BCUT2D eigenvalue weighted by atomic mass is 10.2. The lowest BCUT2D eigenvalue weighted by molar-refractivity contribution is 0.881. The fraction of sp³-hybridized carbons (Fsp3) is 0.0833. The van der Waals surface area contributed by atoms with Gasteiger partial charge in [0.15, 0.2) is 5.82 Å². The van der Waals surface area contributed by atoms with Gasteiger partial charge in [-0.1, -0.05) is 30.3 Å². The molecule has 0 spiro atoms. The fourth-order valence-corrected chi connectivity index (χ4v) is 1.71. The highest BCUT2D eigenvalue weighted by atomic mass is 15.5. The van der Waals surface area contributed by atoms with E-state index in [0.29, 0.717) is 29.7 Å². The maximum absolute atomic E-state index is 5.87. The first-order chi connectivity index (χ1) is 9.83. The van der Waals surface area contributed by atoms with Crippen LogP contribution in [0.1, 0.15) is 5.56 Å². The smallest absolute Gasteiger partial charge is 0.224 e. The summed E-state index contributed by atoms with van der Waals surface area (Å²) in [6.45, 7) is 0.628. The lowest BCUT2D eigenvalue weighted by Gasteiger charge is -2.06. The van der Waals surface area contributed by atoms with Crippen LogP contribution in [0.15, 0.2) is 36.5 Å². The van der Waals surface area contributed by atoms with Gasteiger partial charge in [-0.15, -0.1) is 5.10 Å². The molecule has 0 bridgehead atoms. The monoisotopic (exact) mass is 268 g/mol. The van der Waals surface area contributed by atoms with E-state index in [4.69, 9.17) is 5.73 Å². The summed E-state index contributed by atoms with van der Waals surface area (Å²) in [6.07, 6.45) is 1.58. The van der Waals surface area contributed by atoms with Gasteiger partial charge in [0.1, 0.15) is 5.82 Å². The number of aromatic amines is 1. The third kappa shape index (κ3) is 2.53. The fourth-order valence-electron chi connectivity index (χ4n) is 1.71. The number of rotatable bonds is 4. The van der Waals surface area contributed by atoms with Crippen LogP contribution >= 0.6 is 0 Å². The summed E-state index contributed by atoms with van der Waals surface area (Å²) in [4.78, 5) is 8.38. The van der Waals surface area contributed by atoms with E-state index in [0.717, 1.165) is 5.56 Å². The second-order valence-electron chi connectivity index (χ2n) is 4.08. The first-order valence-electron chi connectivity index (χ1n) is 5.97. The zero-order chi connectivity index (χ0) is 13.8. The van der Waals surface area contributed by atoms with Gasteiger partial charge >= 0.3 is 0 Å². The maximum Gasteiger partial charge on any atom is 0.224 e. The van der Waals surface area contributed by atoms with Crippen molar-refractivity contribution in [2.24, 2.45) is 0 Å². The van der Waals surface area contributed by atoms with Gasteiger partial charge in [-0.3, -0.25) is 0 Å². The maximum atomic E-state index is 5.87. The van der Waals surface area contributed by atoms with Crippen LogP contribution in [0, 0.1) is 0 Å². The molecule has 2 heterocycles. The summed E-state index contributed by atoms with van der Waals surface area (Å²) in [7, 11) is 0. The Labute approximate surface area is 114 Å². The molecule has 0 amide bonds. The number of hydrogen-bond acceptors (Lipinski definition) is 7. The highest BCUT2D eigenvalue weighted by Crippen LogP contribution is 2.19. The van der Waals surface area contributed by atoms with Crippen molar-refractivity contribution < 1.29 is 0 Å². The van der Waals surface area contributed by atoms with Crippen LogP contribution in [0.25, 0.3) is 11.4 Å². The summed E-state index contributed by atoms with van der Waals surface area (Å²) in [5, 5.41) is 16.5. The highest BCUT2D eigenvalue weighted by Gasteiger charge is 2.09. The van der Waals surface area contributed by atoms with Gasteiger partial charge in [0, 0.05) is 12.7 Å². The first kappa shape index (κ1) is 12.0. The Morgan fingerprint density at radius 2 is 2.05 bits per heavy atom. The number of nitrogens with two attached hydrogens (primary N) is 1. The van der Waals surface area contributed by atoms with Crippen molar-refractivity contribution in [1.29, 1.82) is 0 Å². The molecule has 20 heavy (non-hydrogen) atoms. The van der Waals surface area contributed by atoms with Crippen LogP contribution < -0.4 is 11.1 Å². The van der Waals surface area contributed by atoms with Crippen molar-refractivity contribution in [3.63, 3.8) is 0 Å². The molecule has 100 valence electrons. The summed E-state index contributed by atoms with van der Waals surface area (Å²) < 4.78 is 0. The lowest BCUT2D eigenvalue weighted by Crippen LogP contribution is -2.06. The highest BCUT2D eigenvalue weighted by molar-refractivity contribution is 5.67. The van der Waals surface area contributed by atoms with Crippen molar-refractivity contribution in [3.8, 4) is 11.4 Å². The zero-order valence-electron chi connectivity index (χ0n) is 10.5. The van der Waals surface area contributed by atoms with Crippen LogP contribution in [0.4, 0.5) is 11.8 Å². The molecule has 0 saturated heterocycles. The Bertz CT molecular complexity index is 680. The second-order valence-corrected chi connectivity index (χ2v) is 4.08. The third-order valence-electron chi connectivity index (χ3n) is 2.71. The van der Waals surface area contributed by atoms with E-state index in [1.54, 1.807) is 6.20 Å². The normalized spacial score (nSPS) is 10.4. The van der Waals surface area contributed by atoms with Gasteiger partial charge in [-0.2, -0.15) is 4.98 Å². The van der Waals surface area contributed by atoms with E-state index in [9.17, 15) is 0 Å². The standard InChI is InChI=1S/C12H12N8/c13-10-9(11-17-19-20-18-11)7-15-12(16-10)14-6-8-4-2-1-3-5-8/h1-5,7H,6H2,(H3,13,14,15,16)(H,17,18,19,20). The zero-order valence-corrected chi connectivity index (χ0v) is 10.5. The Hall–Kier alpha value is -3.03. The SMILES string of the molecule is Nc1nc(NCc2ccccc2)ncc1-c1nnn[nH]1. The number of H-pyrrole nitrogens is 1. The molecule has 4 N–H and O–H groups in total. The van der Waals surface area contributed by atoms with Crippen LogP contribution in [0.3, 0.4) is 0 Å². The molecule has 0 unspecified atom stereocenters. The number of nitrogens with one attached hydrogen (secondary N) is 2. The van der Waals surface area contributed by atoms with Crippen LogP contribution in [-0.4, -0.2) is 30.6 Å². The van der Waals surface area contributed by atoms with E-state index >= 15 is 0 Å². The van der Waals surface area contributed by atoms with E-state index in [-0.39, 0.29) is 0 Å². The predicted molar refractivity (Wildman–Crippen MR) is 73.4 cm³/mol. The summed E-state index contributed by atoms with van der Waals surface area (Å²) in [5.41, 5.74) is 7.58. The molecule has 0 radical (unpaired) electrons. The number of anilines is 2. The number of aromatic nitrogens is 6. The molecule has 3 aromatic rings. The molecule has 0 aliphatic heterocycles. The quantitative estimate of drug-likeness (QED) is 0.641. The van der Waals surface area contributed by atoms with E-state index in [1.165, 1.54) is 0 Å². The largest absolute Gasteiger partial charge is 0.383 e. The minimum atomic E-state index is 0.314. The summed E-state index contributed by atoms with van der Waals surface area (Å²) in [6, 6.07) is 9.96. The molecule has 1 aromatic carbocycles. The Morgan fingerprint density at radius 1 is 1.20 bits per heavy atom. The molecule has 2 aromatic heterocycles. The molecular weight excluding hydrogens is 256 g/mol. The number of benzene rings is 1. The van der Waals surface area contributed by atoms with E-state index in [2.05, 4.69) is 35.9 Å². The number of tetrazole rings is 1. The molecule has 0 fully saturated rings. The van der Waals surface area contributed by atoms with Crippen LogP contribution in [-0.2, 0) is 6.54 Å². The van der Waals surface area contributed by atoms with Gasteiger partial charge in [-0.25, -0.2) is 10.1 Å². The number of nitrogens with zero attached hydrogens (tertiary/aromatic N) is 5. The van der Waals surface area contributed by atoms with Gasteiger partial charge in [0.2, 0.25) is 5.95 Å². The molecule has 0 aliphatic rings. The third-order valence-corrected chi connectivity index (χ3v) is 2.71. The average molecular weight is 268 g/mol. The molecule has 8 nitrogen and oxygen atoms in total. The molecular formula is C12H12N8. The van der Waals surface area contributed by atoms with Crippen LogP contribution in [0.5, 0.6) is 0 Å². The molecule has 8 heteroatoms. The summed E-state index contributed by atoms with van der Waals surface area (Å²) in [5.74, 6) is 1.22. The first-order valence-corrected chi connectivity index (χ1v) is 5.97. The van der Waals surface area contributed by atoms with Gasteiger partial charge in [0.05, 0.1) is 5.56 Å². The van der Waals surface area contributed by atoms with Crippen molar-refractivity contribution in [3.05, 3.63) is 42.1 Å². The minimum absolute atomic E-state index is 0.314. The number of nitrogen functional groups attached to an aromatic ring is 1. The van der Waals surface area contributed by atoms with Gasteiger partial charge in [0.25, 0.3) is 0 Å². The topological polar surface area (TPSA) is 118 Å². The molecule has 0 atom stereocenters. The van der Waals surface area contributed by atoms with Crippen molar-refractivity contribution >= 4 is 11.8 Å². The minimum Gasteiger partial charge on any atom is -0.383 e. The molecule has 0 saturated carbocycles. The molecule has 3 rings (SSSR count). The Balaban J connectivity index is 1.74. The Morgan fingerprint density at radius 3 is 2.75 bits per heavy atom. The van der Waals surface area contributed by atoms with Crippen LogP contribution in [0.2, 0.25) is 0 Å². The van der Waals surface area contributed by atoms with Crippen molar-refractivity contribution in [2.75, 3.05) is 11.1 Å². The van der Waals surface area contributed by atoms with Gasteiger partial charge < -0.3 is 11.1 Å².